The number of halogens is 1. The van der Waals surface area contributed by atoms with Crippen LogP contribution in [-0.2, 0) is 11.3 Å². The fraction of sp³-hybridized carbons (Fsp3) is 0.533. The van der Waals surface area contributed by atoms with Crippen LogP contribution in [0.25, 0.3) is 0 Å². The SMILES string of the molecule is Cc1ccc(CNC(=O)CN(C)CCC(C)O)cc1F. The number of hydrogen-bond acceptors (Lipinski definition) is 3. The first kappa shape index (κ1) is 16.6. The van der Waals surface area contributed by atoms with Gasteiger partial charge in [0.25, 0.3) is 0 Å². The maximum Gasteiger partial charge on any atom is 0.234 e. The maximum atomic E-state index is 13.3. The fourth-order valence-electron chi connectivity index (χ4n) is 1.73. The summed E-state index contributed by atoms with van der Waals surface area (Å²) < 4.78 is 13.3. The summed E-state index contributed by atoms with van der Waals surface area (Å²) in [4.78, 5) is 13.6. The Bertz CT molecular complexity index is 449. The lowest BCUT2D eigenvalue weighted by atomic mass is 10.1. The highest BCUT2D eigenvalue weighted by Crippen LogP contribution is 2.08. The number of aryl methyl sites for hydroxylation is 1. The molecule has 112 valence electrons. The molecule has 0 bridgehead atoms. The molecule has 0 aliphatic heterocycles. The van der Waals surface area contributed by atoms with Crippen LogP contribution < -0.4 is 5.32 Å². The van der Waals surface area contributed by atoms with Crippen molar-refractivity contribution in [2.45, 2.75) is 32.9 Å². The topological polar surface area (TPSA) is 52.6 Å². The van der Waals surface area contributed by atoms with E-state index in [1.807, 2.05) is 11.9 Å². The monoisotopic (exact) mass is 282 g/mol. The second-order valence-electron chi connectivity index (χ2n) is 5.24. The number of likely N-dealkylation sites (N-methyl/N-ethyl adjacent to an activating group) is 1. The van der Waals surface area contributed by atoms with E-state index in [1.165, 1.54) is 6.07 Å². The highest BCUT2D eigenvalue weighted by Gasteiger charge is 2.08. The van der Waals surface area contributed by atoms with Crippen molar-refractivity contribution in [3.8, 4) is 0 Å². The van der Waals surface area contributed by atoms with E-state index in [1.54, 1.807) is 26.0 Å². The van der Waals surface area contributed by atoms with Crippen LogP contribution in [0.3, 0.4) is 0 Å². The van der Waals surface area contributed by atoms with Crippen molar-refractivity contribution in [1.29, 1.82) is 0 Å². The van der Waals surface area contributed by atoms with Gasteiger partial charge in [-0.1, -0.05) is 12.1 Å². The summed E-state index contributed by atoms with van der Waals surface area (Å²) in [6, 6.07) is 4.94. The third-order valence-electron chi connectivity index (χ3n) is 3.07. The van der Waals surface area contributed by atoms with Gasteiger partial charge in [0.15, 0.2) is 0 Å². The molecule has 0 radical (unpaired) electrons. The highest BCUT2D eigenvalue weighted by atomic mass is 19.1. The smallest absolute Gasteiger partial charge is 0.234 e. The van der Waals surface area contributed by atoms with E-state index in [0.717, 1.165) is 5.56 Å². The van der Waals surface area contributed by atoms with Gasteiger partial charge in [0.1, 0.15) is 5.82 Å². The molecule has 0 fully saturated rings. The number of rotatable bonds is 7. The average molecular weight is 282 g/mol. The molecule has 1 aromatic rings. The minimum Gasteiger partial charge on any atom is -0.393 e. The van der Waals surface area contributed by atoms with Gasteiger partial charge in [-0.3, -0.25) is 9.69 Å². The van der Waals surface area contributed by atoms with Gasteiger partial charge in [0.05, 0.1) is 12.6 Å². The summed E-state index contributed by atoms with van der Waals surface area (Å²) in [6.45, 7) is 4.67. The van der Waals surface area contributed by atoms with Gasteiger partial charge in [-0.05, 0) is 44.5 Å². The predicted molar refractivity (Wildman–Crippen MR) is 76.8 cm³/mol. The van der Waals surface area contributed by atoms with E-state index in [-0.39, 0.29) is 24.4 Å². The molecular weight excluding hydrogens is 259 g/mol. The van der Waals surface area contributed by atoms with Gasteiger partial charge in [-0.2, -0.15) is 0 Å². The lowest BCUT2D eigenvalue weighted by molar-refractivity contribution is -0.122. The van der Waals surface area contributed by atoms with Gasteiger partial charge in [-0.15, -0.1) is 0 Å². The summed E-state index contributed by atoms with van der Waals surface area (Å²) in [7, 11) is 1.83. The second-order valence-corrected chi connectivity index (χ2v) is 5.24. The first-order chi connectivity index (χ1) is 9.38. The minimum absolute atomic E-state index is 0.112. The van der Waals surface area contributed by atoms with Crippen LogP contribution in [0, 0.1) is 12.7 Å². The lowest BCUT2D eigenvalue weighted by Crippen LogP contribution is -2.35. The maximum absolute atomic E-state index is 13.3. The van der Waals surface area contributed by atoms with E-state index in [0.29, 0.717) is 25.1 Å². The zero-order chi connectivity index (χ0) is 15.1. The quantitative estimate of drug-likeness (QED) is 0.796. The summed E-state index contributed by atoms with van der Waals surface area (Å²) >= 11 is 0. The van der Waals surface area contributed by atoms with Crippen molar-refractivity contribution in [2.24, 2.45) is 0 Å². The fourth-order valence-corrected chi connectivity index (χ4v) is 1.73. The molecule has 1 rings (SSSR count). The van der Waals surface area contributed by atoms with Crippen molar-refractivity contribution in [2.75, 3.05) is 20.1 Å². The third-order valence-corrected chi connectivity index (χ3v) is 3.07. The molecule has 1 unspecified atom stereocenters. The number of benzene rings is 1. The van der Waals surface area contributed by atoms with Crippen LogP contribution in [0.5, 0.6) is 0 Å². The van der Waals surface area contributed by atoms with Crippen molar-refractivity contribution >= 4 is 5.91 Å². The van der Waals surface area contributed by atoms with Crippen LogP contribution in [0.2, 0.25) is 0 Å². The van der Waals surface area contributed by atoms with Crippen LogP contribution in [0.1, 0.15) is 24.5 Å². The van der Waals surface area contributed by atoms with Crippen molar-refractivity contribution in [3.05, 3.63) is 35.1 Å². The van der Waals surface area contributed by atoms with E-state index < -0.39 is 0 Å². The van der Waals surface area contributed by atoms with E-state index in [4.69, 9.17) is 0 Å². The summed E-state index contributed by atoms with van der Waals surface area (Å²) in [5.74, 6) is -0.370. The van der Waals surface area contributed by atoms with Gasteiger partial charge in [0, 0.05) is 13.1 Å². The zero-order valence-corrected chi connectivity index (χ0v) is 12.3. The number of nitrogens with one attached hydrogen (secondary N) is 1. The minimum atomic E-state index is -0.365. The number of hydrogen-bond donors (Lipinski definition) is 2. The Kier molecular flexibility index (Phi) is 6.61. The molecule has 0 spiro atoms. The molecule has 1 aromatic carbocycles. The number of carbonyl (C=O) groups excluding carboxylic acids is 1. The summed E-state index contributed by atoms with van der Waals surface area (Å²) in [5.41, 5.74) is 1.34. The molecule has 0 aliphatic rings. The normalized spacial score (nSPS) is 12.5. The largest absolute Gasteiger partial charge is 0.393 e. The van der Waals surface area contributed by atoms with Crippen LogP contribution in [0.15, 0.2) is 18.2 Å². The molecule has 1 atom stereocenters. The first-order valence-electron chi connectivity index (χ1n) is 6.77. The van der Waals surface area contributed by atoms with E-state index >= 15 is 0 Å². The number of nitrogens with zero attached hydrogens (tertiary/aromatic N) is 1. The molecule has 0 heterocycles. The molecule has 5 heteroatoms. The Labute approximate surface area is 119 Å². The molecule has 0 saturated carbocycles. The molecule has 2 N–H and O–H groups in total. The number of aliphatic hydroxyl groups excluding tert-OH is 1. The molecule has 1 amide bonds. The standard InChI is InChI=1S/C15H23FN2O2/c1-11-4-5-13(8-14(11)16)9-17-15(20)10-18(3)7-6-12(2)19/h4-5,8,12,19H,6-7,9-10H2,1-3H3,(H,17,20). The molecule has 0 saturated heterocycles. The Morgan fingerprint density at radius 1 is 1.50 bits per heavy atom. The van der Waals surface area contributed by atoms with Gasteiger partial charge < -0.3 is 10.4 Å². The Hall–Kier alpha value is -1.46. The Morgan fingerprint density at radius 2 is 2.20 bits per heavy atom. The predicted octanol–water partition coefficient (Wildman–Crippen LogP) is 1.45. The zero-order valence-electron chi connectivity index (χ0n) is 12.3. The van der Waals surface area contributed by atoms with Crippen molar-refractivity contribution < 1.29 is 14.3 Å². The van der Waals surface area contributed by atoms with Crippen molar-refractivity contribution in [3.63, 3.8) is 0 Å². The Morgan fingerprint density at radius 3 is 2.80 bits per heavy atom. The van der Waals surface area contributed by atoms with Crippen molar-refractivity contribution in [1.82, 2.24) is 10.2 Å². The van der Waals surface area contributed by atoms with Crippen LogP contribution in [-0.4, -0.2) is 42.2 Å². The van der Waals surface area contributed by atoms with Gasteiger partial charge in [0.2, 0.25) is 5.91 Å². The van der Waals surface area contributed by atoms with E-state index in [2.05, 4.69) is 5.32 Å². The van der Waals surface area contributed by atoms with Crippen LogP contribution >= 0.6 is 0 Å². The van der Waals surface area contributed by atoms with Crippen LogP contribution in [0.4, 0.5) is 4.39 Å². The molecule has 20 heavy (non-hydrogen) atoms. The van der Waals surface area contributed by atoms with Gasteiger partial charge >= 0.3 is 0 Å². The molecular formula is C15H23FN2O2. The molecule has 4 nitrogen and oxygen atoms in total. The summed E-state index contributed by atoms with van der Waals surface area (Å²) in [5, 5.41) is 11.9. The number of aliphatic hydroxyl groups is 1. The first-order valence-corrected chi connectivity index (χ1v) is 6.77. The second kappa shape index (κ2) is 7.97. The number of amides is 1. The lowest BCUT2D eigenvalue weighted by Gasteiger charge is -2.17. The van der Waals surface area contributed by atoms with E-state index in [9.17, 15) is 14.3 Å². The average Bonchev–Trinajstić information content (AvgIpc) is 2.38. The number of carbonyl (C=O) groups is 1. The van der Waals surface area contributed by atoms with Gasteiger partial charge in [-0.25, -0.2) is 4.39 Å². The molecule has 0 aromatic heterocycles. The Balaban J connectivity index is 2.33. The highest BCUT2D eigenvalue weighted by molar-refractivity contribution is 5.77. The third kappa shape index (κ3) is 6.12. The molecule has 0 aliphatic carbocycles. The summed E-state index contributed by atoms with van der Waals surface area (Å²) in [6.07, 6.45) is 0.267.